The number of aromatic nitrogens is 2. The first-order valence-electron chi connectivity index (χ1n) is 6.24. The van der Waals surface area contributed by atoms with Gasteiger partial charge in [0.05, 0.1) is 12.8 Å². The summed E-state index contributed by atoms with van der Waals surface area (Å²) in [5.74, 6) is -1.37. The molecule has 0 aliphatic heterocycles. The van der Waals surface area contributed by atoms with E-state index >= 15 is 0 Å². The van der Waals surface area contributed by atoms with Gasteiger partial charge >= 0.3 is 0 Å². The maximum Gasteiger partial charge on any atom is 0.126 e. The molecule has 4 nitrogen and oxygen atoms in total. The molecule has 1 unspecified atom stereocenters. The van der Waals surface area contributed by atoms with Gasteiger partial charge in [-0.15, -0.1) is 0 Å². The molecule has 2 rings (SSSR count). The summed E-state index contributed by atoms with van der Waals surface area (Å²) < 4.78 is 28.4. The molecule has 0 saturated carbocycles. The molecule has 0 saturated heterocycles. The van der Waals surface area contributed by atoms with Crippen LogP contribution in [0.4, 0.5) is 8.78 Å². The molecule has 3 N–H and O–H groups in total. The third-order valence-corrected chi connectivity index (χ3v) is 3.47. The van der Waals surface area contributed by atoms with Gasteiger partial charge in [0.25, 0.3) is 0 Å². The van der Waals surface area contributed by atoms with Crippen molar-refractivity contribution in [2.24, 2.45) is 12.8 Å². The highest BCUT2D eigenvalue weighted by molar-refractivity contribution is 5.30. The summed E-state index contributed by atoms with van der Waals surface area (Å²) in [7, 11) is 1.77. The molecule has 0 amide bonds. The van der Waals surface area contributed by atoms with Crippen LogP contribution < -0.4 is 5.73 Å². The van der Waals surface area contributed by atoms with Crippen LogP contribution in [-0.2, 0) is 18.9 Å². The third kappa shape index (κ3) is 2.86. The highest BCUT2D eigenvalue weighted by atomic mass is 19.1. The zero-order chi connectivity index (χ0) is 14.8. The van der Waals surface area contributed by atoms with Gasteiger partial charge in [-0.3, -0.25) is 4.68 Å². The maximum absolute atomic E-state index is 13.4. The van der Waals surface area contributed by atoms with Gasteiger partial charge < -0.3 is 10.8 Å². The molecular formula is C14H17F2N3O. The van der Waals surface area contributed by atoms with Gasteiger partial charge in [-0.2, -0.15) is 5.10 Å². The number of aliphatic hydroxyl groups excluding tert-OH is 1. The lowest BCUT2D eigenvalue weighted by atomic mass is 9.76. The van der Waals surface area contributed by atoms with Crippen LogP contribution in [0.5, 0.6) is 0 Å². The number of benzene rings is 1. The van der Waals surface area contributed by atoms with Gasteiger partial charge in [0.15, 0.2) is 0 Å². The molecule has 20 heavy (non-hydrogen) atoms. The summed E-state index contributed by atoms with van der Waals surface area (Å²) in [6.07, 6.45) is 3.79. The molecule has 1 heterocycles. The van der Waals surface area contributed by atoms with E-state index in [1.54, 1.807) is 24.1 Å². The minimum Gasteiger partial charge on any atom is -0.395 e. The highest BCUT2D eigenvalue weighted by Gasteiger charge is 2.32. The number of aliphatic hydroxyl groups is 1. The molecule has 1 aromatic heterocycles. The molecule has 1 aromatic carbocycles. The largest absolute Gasteiger partial charge is 0.395 e. The Bertz CT molecular complexity index is 574. The molecule has 2 aromatic rings. The first kappa shape index (κ1) is 14.6. The van der Waals surface area contributed by atoms with Gasteiger partial charge in [0.2, 0.25) is 0 Å². The van der Waals surface area contributed by atoms with E-state index in [0.717, 1.165) is 11.6 Å². The van der Waals surface area contributed by atoms with Crippen LogP contribution in [0.25, 0.3) is 0 Å². The predicted octanol–water partition coefficient (Wildman–Crippen LogP) is 1.13. The number of nitrogens with two attached hydrogens (primary N) is 1. The minimum absolute atomic E-state index is 0.0707. The molecule has 0 aliphatic carbocycles. The van der Waals surface area contributed by atoms with E-state index < -0.39 is 17.0 Å². The van der Waals surface area contributed by atoms with Crippen LogP contribution in [0.1, 0.15) is 11.1 Å². The molecule has 0 aliphatic rings. The first-order chi connectivity index (χ1) is 9.49. The summed E-state index contributed by atoms with van der Waals surface area (Å²) in [6.45, 7) is -0.234. The summed E-state index contributed by atoms with van der Waals surface area (Å²) in [5.41, 5.74) is 6.04. The average molecular weight is 281 g/mol. The second-order valence-electron chi connectivity index (χ2n) is 5.00. The lowest BCUT2D eigenvalue weighted by Gasteiger charge is -2.30. The van der Waals surface area contributed by atoms with Crippen molar-refractivity contribution in [3.63, 3.8) is 0 Å². The van der Waals surface area contributed by atoms with E-state index in [1.807, 2.05) is 0 Å². The molecule has 0 spiro atoms. The van der Waals surface area contributed by atoms with Crippen LogP contribution >= 0.6 is 0 Å². The zero-order valence-electron chi connectivity index (χ0n) is 11.2. The van der Waals surface area contributed by atoms with E-state index in [2.05, 4.69) is 5.10 Å². The Kier molecular flexibility index (Phi) is 4.15. The van der Waals surface area contributed by atoms with Gasteiger partial charge in [-0.1, -0.05) is 0 Å². The fraction of sp³-hybridized carbons (Fsp3) is 0.357. The van der Waals surface area contributed by atoms with Crippen LogP contribution in [0.3, 0.4) is 0 Å². The van der Waals surface area contributed by atoms with Crippen molar-refractivity contribution in [3.05, 3.63) is 53.4 Å². The molecule has 108 valence electrons. The number of hydrogen-bond acceptors (Lipinski definition) is 3. The van der Waals surface area contributed by atoms with E-state index in [-0.39, 0.29) is 13.2 Å². The summed E-state index contributed by atoms with van der Waals surface area (Å²) >= 11 is 0. The minimum atomic E-state index is -0.925. The normalized spacial score (nSPS) is 14.2. The van der Waals surface area contributed by atoms with Gasteiger partial charge in [0.1, 0.15) is 11.6 Å². The fourth-order valence-corrected chi connectivity index (χ4v) is 2.32. The van der Waals surface area contributed by atoms with Gasteiger partial charge in [-0.05, 0) is 29.7 Å². The van der Waals surface area contributed by atoms with Crippen molar-refractivity contribution < 1.29 is 13.9 Å². The maximum atomic E-state index is 13.4. The fourth-order valence-electron chi connectivity index (χ4n) is 2.32. The Balaban J connectivity index is 2.42. The van der Waals surface area contributed by atoms with Crippen LogP contribution in [0, 0.1) is 11.6 Å². The smallest absolute Gasteiger partial charge is 0.126 e. The predicted molar refractivity (Wildman–Crippen MR) is 71.1 cm³/mol. The number of nitrogens with zero attached hydrogens (tertiary/aromatic N) is 2. The Labute approximate surface area is 115 Å². The number of hydrogen-bond donors (Lipinski definition) is 2. The van der Waals surface area contributed by atoms with Gasteiger partial charge in [-0.25, -0.2) is 8.78 Å². The summed E-state index contributed by atoms with van der Waals surface area (Å²) in [5, 5.41) is 13.8. The van der Waals surface area contributed by atoms with E-state index in [9.17, 15) is 13.9 Å². The Morgan fingerprint density at radius 2 is 1.95 bits per heavy atom. The van der Waals surface area contributed by atoms with Crippen molar-refractivity contribution in [2.75, 3.05) is 13.2 Å². The Hall–Kier alpha value is -1.79. The molecule has 1 atom stereocenters. The lowest BCUT2D eigenvalue weighted by Crippen LogP contribution is -2.41. The van der Waals surface area contributed by atoms with E-state index in [4.69, 9.17) is 5.73 Å². The number of halogens is 2. The third-order valence-electron chi connectivity index (χ3n) is 3.47. The highest BCUT2D eigenvalue weighted by Crippen LogP contribution is 2.28. The quantitative estimate of drug-likeness (QED) is 0.863. The number of aryl methyl sites for hydroxylation is 1. The standard InChI is InChI=1S/C14H17F2N3O/c1-19-7-10(6-18-19)5-14(8-17,9-20)11-2-12(15)4-13(16)3-11/h2-4,6-7,20H,5,8-9,17H2,1H3. The van der Waals surface area contributed by atoms with Crippen molar-refractivity contribution in [1.82, 2.24) is 9.78 Å². The molecule has 0 radical (unpaired) electrons. The molecule has 0 bridgehead atoms. The number of rotatable bonds is 5. The Morgan fingerprint density at radius 1 is 1.30 bits per heavy atom. The van der Waals surface area contributed by atoms with Gasteiger partial charge in [0, 0.05) is 31.3 Å². The second-order valence-corrected chi connectivity index (χ2v) is 5.00. The molecular weight excluding hydrogens is 264 g/mol. The summed E-state index contributed by atoms with van der Waals surface area (Å²) in [6, 6.07) is 3.22. The van der Waals surface area contributed by atoms with Crippen LogP contribution in [0.2, 0.25) is 0 Å². The van der Waals surface area contributed by atoms with Crippen molar-refractivity contribution >= 4 is 0 Å². The van der Waals surface area contributed by atoms with Crippen molar-refractivity contribution in [2.45, 2.75) is 11.8 Å². The lowest BCUT2D eigenvalue weighted by molar-refractivity contribution is 0.195. The first-order valence-corrected chi connectivity index (χ1v) is 6.24. The SMILES string of the molecule is Cn1cc(CC(CN)(CO)c2cc(F)cc(F)c2)cn1. The monoisotopic (exact) mass is 281 g/mol. The Morgan fingerprint density at radius 3 is 2.40 bits per heavy atom. The average Bonchev–Trinajstić information content (AvgIpc) is 2.80. The van der Waals surface area contributed by atoms with Crippen LogP contribution in [-0.4, -0.2) is 28.0 Å². The molecule has 0 fully saturated rings. The topological polar surface area (TPSA) is 64.1 Å². The second kappa shape index (κ2) is 5.68. The van der Waals surface area contributed by atoms with Crippen molar-refractivity contribution in [3.8, 4) is 0 Å². The molecule has 6 heteroatoms. The van der Waals surface area contributed by atoms with E-state index in [0.29, 0.717) is 12.0 Å². The summed E-state index contributed by atoms with van der Waals surface area (Å²) in [4.78, 5) is 0. The van der Waals surface area contributed by atoms with Crippen LogP contribution in [0.15, 0.2) is 30.6 Å². The zero-order valence-corrected chi connectivity index (χ0v) is 11.2. The van der Waals surface area contributed by atoms with Crippen molar-refractivity contribution in [1.29, 1.82) is 0 Å². The van der Waals surface area contributed by atoms with E-state index in [1.165, 1.54) is 12.1 Å².